The lowest BCUT2D eigenvalue weighted by Crippen LogP contribution is -2.07. The van der Waals surface area contributed by atoms with Crippen molar-refractivity contribution in [1.82, 2.24) is 5.32 Å². The van der Waals surface area contributed by atoms with Crippen LogP contribution in [0.15, 0.2) is 46.9 Å². The number of nitrogens with one attached hydrogen (secondary N) is 1. The molecule has 0 fully saturated rings. The molecule has 0 unspecified atom stereocenters. The van der Waals surface area contributed by atoms with Crippen molar-refractivity contribution < 1.29 is 9.13 Å². The van der Waals surface area contributed by atoms with E-state index in [1.54, 1.807) is 0 Å². The van der Waals surface area contributed by atoms with Gasteiger partial charge in [-0.2, -0.15) is 0 Å². The molecule has 0 spiro atoms. The average Bonchev–Trinajstić information content (AvgIpc) is 2.61. The van der Waals surface area contributed by atoms with E-state index in [0.29, 0.717) is 18.8 Å². The largest absolute Gasteiger partial charge is 0.493 e. The van der Waals surface area contributed by atoms with Gasteiger partial charge in [-0.05, 0) is 68.6 Å². The van der Waals surface area contributed by atoms with E-state index in [4.69, 9.17) is 4.74 Å². The molecule has 4 heteroatoms. The first-order chi connectivity index (χ1) is 12.2. The third kappa shape index (κ3) is 7.57. The van der Waals surface area contributed by atoms with Crippen molar-refractivity contribution in [3.05, 3.63) is 63.9 Å². The Morgan fingerprint density at radius 1 is 0.960 bits per heavy atom. The highest BCUT2D eigenvalue weighted by Crippen LogP contribution is 2.19. The summed E-state index contributed by atoms with van der Waals surface area (Å²) < 4.78 is 21.0. The summed E-state index contributed by atoms with van der Waals surface area (Å²) in [6.45, 7) is 1.71. The zero-order chi connectivity index (χ0) is 17.9. The minimum Gasteiger partial charge on any atom is -0.493 e. The molecule has 0 bridgehead atoms. The first-order valence-electron chi connectivity index (χ1n) is 8.99. The summed E-state index contributed by atoms with van der Waals surface area (Å²) in [5.74, 6) is 0.448. The summed E-state index contributed by atoms with van der Waals surface area (Å²) in [5.41, 5.74) is 1.95. The second-order valence-electron chi connectivity index (χ2n) is 6.25. The van der Waals surface area contributed by atoms with Gasteiger partial charge in [0.25, 0.3) is 0 Å². The fraction of sp³-hybridized carbons (Fsp3) is 0.429. The molecular weight excluding hydrogens is 381 g/mol. The Labute approximate surface area is 158 Å². The number of ether oxygens (including phenoxy) is 1. The van der Waals surface area contributed by atoms with Gasteiger partial charge in [0.1, 0.15) is 11.6 Å². The van der Waals surface area contributed by atoms with Gasteiger partial charge < -0.3 is 10.1 Å². The van der Waals surface area contributed by atoms with Gasteiger partial charge in [-0.25, -0.2) is 4.39 Å². The van der Waals surface area contributed by atoms with E-state index in [9.17, 15) is 4.39 Å². The van der Waals surface area contributed by atoms with Crippen LogP contribution >= 0.6 is 15.9 Å². The fourth-order valence-electron chi connectivity index (χ4n) is 2.70. The number of rotatable bonds is 11. The number of unbranched alkanes of at least 4 members (excludes halogenated alkanes) is 3. The number of halogens is 2. The van der Waals surface area contributed by atoms with Crippen LogP contribution in [0.1, 0.15) is 36.8 Å². The Morgan fingerprint density at radius 2 is 1.72 bits per heavy atom. The van der Waals surface area contributed by atoms with Gasteiger partial charge in [0, 0.05) is 10.5 Å². The minimum absolute atomic E-state index is 0.177. The van der Waals surface area contributed by atoms with Crippen LogP contribution < -0.4 is 10.1 Å². The summed E-state index contributed by atoms with van der Waals surface area (Å²) >= 11 is 3.43. The highest BCUT2D eigenvalue weighted by Gasteiger charge is 2.05. The van der Waals surface area contributed by atoms with Crippen LogP contribution in [0, 0.1) is 5.82 Å². The van der Waals surface area contributed by atoms with Crippen LogP contribution in [0.3, 0.4) is 0 Å². The first kappa shape index (κ1) is 19.9. The SMILES string of the molecule is CNCCCCCCOc1ccc(CCc2ccc(Br)cc2)c(F)c1. The van der Waals surface area contributed by atoms with Crippen LogP contribution in [-0.4, -0.2) is 20.2 Å². The normalized spacial score (nSPS) is 10.8. The van der Waals surface area contributed by atoms with Crippen molar-refractivity contribution in [2.75, 3.05) is 20.2 Å². The molecular formula is C21H27BrFNO. The molecule has 2 aromatic rings. The monoisotopic (exact) mass is 407 g/mol. The van der Waals surface area contributed by atoms with E-state index in [-0.39, 0.29) is 5.82 Å². The van der Waals surface area contributed by atoms with E-state index in [2.05, 4.69) is 33.4 Å². The summed E-state index contributed by atoms with van der Waals surface area (Å²) in [6.07, 6.45) is 6.08. The number of hydrogen-bond acceptors (Lipinski definition) is 2. The summed E-state index contributed by atoms with van der Waals surface area (Å²) in [4.78, 5) is 0. The number of aryl methyl sites for hydroxylation is 2. The molecule has 0 heterocycles. The molecule has 0 saturated carbocycles. The third-order valence-corrected chi connectivity index (χ3v) is 4.74. The van der Waals surface area contributed by atoms with E-state index in [1.165, 1.54) is 24.5 Å². The second-order valence-corrected chi connectivity index (χ2v) is 7.16. The molecule has 2 rings (SSSR count). The van der Waals surface area contributed by atoms with Gasteiger partial charge in [0.2, 0.25) is 0 Å². The zero-order valence-electron chi connectivity index (χ0n) is 14.9. The summed E-state index contributed by atoms with van der Waals surface area (Å²) in [5, 5.41) is 3.14. The Hall–Kier alpha value is -1.39. The third-order valence-electron chi connectivity index (χ3n) is 4.21. The molecule has 2 nitrogen and oxygen atoms in total. The highest BCUT2D eigenvalue weighted by atomic mass is 79.9. The predicted octanol–water partition coefficient (Wildman–Crippen LogP) is 5.53. The van der Waals surface area contributed by atoms with Crippen molar-refractivity contribution in [2.24, 2.45) is 0 Å². The second kappa shape index (κ2) is 11.3. The minimum atomic E-state index is -0.177. The molecule has 0 saturated heterocycles. The molecule has 2 aromatic carbocycles. The summed E-state index contributed by atoms with van der Waals surface area (Å²) in [7, 11) is 1.97. The number of hydrogen-bond donors (Lipinski definition) is 1. The number of benzene rings is 2. The molecule has 0 aliphatic rings. The molecule has 0 aromatic heterocycles. The topological polar surface area (TPSA) is 21.3 Å². The van der Waals surface area contributed by atoms with Crippen molar-refractivity contribution >= 4 is 15.9 Å². The maximum absolute atomic E-state index is 14.2. The molecule has 25 heavy (non-hydrogen) atoms. The average molecular weight is 408 g/mol. The van der Waals surface area contributed by atoms with Crippen molar-refractivity contribution in [2.45, 2.75) is 38.5 Å². The van der Waals surface area contributed by atoms with Gasteiger partial charge in [0.15, 0.2) is 0 Å². The van der Waals surface area contributed by atoms with Gasteiger partial charge >= 0.3 is 0 Å². The Morgan fingerprint density at radius 3 is 2.44 bits per heavy atom. The molecule has 1 N–H and O–H groups in total. The Bertz CT molecular complexity index is 630. The lowest BCUT2D eigenvalue weighted by Gasteiger charge is -2.09. The van der Waals surface area contributed by atoms with Crippen LogP contribution in [0.5, 0.6) is 5.75 Å². The first-order valence-corrected chi connectivity index (χ1v) is 9.78. The van der Waals surface area contributed by atoms with Crippen molar-refractivity contribution in [1.29, 1.82) is 0 Å². The van der Waals surface area contributed by atoms with Gasteiger partial charge in [-0.3, -0.25) is 0 Å². The summed E-state index contributed by atoms with van der Waals surface area (Å²) in [6, 6.07) is 13.4. The maximum atomic E-state index is 14.2. The molecule has 0 radical (unpaired) electrons. The zero-order valence-corrected chi connectivity index (χ0v) is 16.4. The van der Waals surface area contributed by atoms with Gasteiger partial charge in [-0.15, -0.1) is 0 Å². The van der Waals surface area contributed by atoms with Gasteiger partial charge in [-0.1, -0.05) is 47.0 Å². The molecule has 0 aliphatic heterocycles. The van der Waals surface area contributed by atoms with Crippen molar-refractivity contribution in [3.8, 4) is 5.75 Å². The Kier molecular flexibility index (Phi) is 8.98. The quantitative estimate of drug-likeness (QED) is 0.494. The lowest BCUT2D eigenvalue weighted by atomic mass is 10.0. The molecule has 0 amide bonds. The van der Waals surface area contributed by atoms with E-state index in [0.717, 1.165) is 35.8 Å². The van der Waals surface area contributed by atoms with Crippen LogP contribution in [0.4, 0.5) is 4.39 Å². The van der Waals surface area contributed by atoms with E-state index in [1.807, 2.05) is 31.3 Å². The molecule has 136 valence electrons. The van der Waals surface area contributed by atoms with Gasteiger partial charge in [0.05, 0.1) is 6.61 Å². The maximum Gasteiger partial charge on any atom is 0.130 e. The standard InChI is InChI=1S/C21H27BrFNO/c1-24-14-4-2-3-5-15-25-20-13-10-18(21(23)16-20)9-6-17-7-11-19(22)12-8-17/h7-8,10-13,16,24H,2-6,9,14-15H2,1H3. The van der Waals surface area contributed by atoms with Crippen LogP contribution in [0.25, 0.3) is 0 Å². The Balaban J connectivity index is 1.73. The highest BCUT2D eigenvalue weighted by molar-refractivity contribution is 9.10. The molecule has 0 aliphatic carbocycles. The smallest absolute Gasteiger partial charge is 0.130 e. The predicted molar refractivity (Wildman–Crippen MR) is 106 cm³/mol. The van der Waals surface area contributed by atoms with Crippen LogP contribution in [0.2, 0.25) is 0 Å². The van der Waals surface area contributed by atoms with Crippen molar-refractivity contribution in [3.63, 3.8) is 0 Å². The van der Waals surface area contributed by atoms with E-state index >= 15 is 0 Å². The van der Waals surface area contributed by atoms with E-state index < -0.39 is 0 Å². The fourth-order valence-corrected chi connectivity index (χ4v) is 2.96. The lowest BCUT2D eigenvalue weighted by molar-refractivity contribution is 0.303. The van der Waals surface area contributed by atoms with Crippen LogP contribution in [-0.2, 0) is 12.8 Å². The molecule has 0 atom stereocenters.